The number of thiophene rings is 1. The number of hydrogen-bond acceptors (Lipinski definition) is 5. The molecule has 7 nitrogen and oxygen atoms in total. The molecule has 2 amide bonds. The largest absolute Gasteiger partial charge is 0.354 e. The Bertz CT molecular complexity index is 1570. The maximum Gasteiger partial charge on any atom is 0.257 e. The molecule has 1 saturated carbocycles. The van der Waals surface area contributed by atoms with Crippen LogP contribution in [0.5, 0.6) is 0 Å². The van der Waals surface area contributed by atoms with E-state index >= 15 is 0 Å². The molecule has 5 rings (SSSR count). The number of halogens is 2. The summed E-state index contributed by atoms with van der Waals surface area (Å²) in [5.41, 5.74) is 2.45. The van der Waals surface area contributed by atoms with Crippen LogP contribution < -0.4 is 21.5 Å². The molecule has 38 heavy (non-hydrogen) atoms. The van der Waals surface area contributed by atoms with E-state index in [1.807, 2.05) is 55.5 Å². The second kappa shape index (κ2) is 10.4. The van der Waals surface area contributed by atoms with Crippen LogP contribution in [-0.4, -0.2) is 28.8 Å². The van der Waals surface area contributed by atoms with Gasteiger partial charge in [-0.15, -0.1) is 11.3 Å². The van der Waals surface area contributed by atoms with Gasteiger partial charge in [0.1, 0.15) is 6.54 Å². The molecule has 2 aromatic carbocycles. The van der Waals surface area contributed by atoms with Gasteiger partial charge in [-0.2, -0.15) is 0 Å². The number of aromatic nitrogens is 1. The van der Waals surface area contributed by atoms with Crippen molar-refractivity contribution < 1.29 is 18.4 Å². The lowest BCUT2D eigenvalue weighted by Gasteiger charge is -2.34. The lowest BCUT2D eigenvalue weighted by Crippen LogP contribution is -2.43. The SMILES string of the molecule is Cc1ccccc1Nc1cc(=O)n(CC(=O)NCC2CC(F)(F)C2)cc1NC(=O)c1csc2ccccc12. The summed E-state index contributed by atoms with van der Waals surface area (Å²) < 4.78 is 28.3. The van der Waals surface area contributed by atoms with Gasteiger partial charge in [-0.1, -0.05) is 36.4 Å². The first kappa shape index (κ1) is 25.6. The van der Waals surface area contributed by atoms with E-state index in [0.717, 1.165) is 21.3 Å². The minimum absolute atomic E-state index is 0.130. The highest BCUT2D eigenvalue weighted by Crippen LogP contribution is 2.41. The number of benzene rings is 2. The second-order valence-electron chi connectivity index (χ2n) is 9.54. The van der Waals surface area contributed by atoms with Gasteiger partial charge in [0, 0.05) is 52.8 Å². The molecule has 0 aliphatic heterocycles. The number of carbonyl (C=O) groups is 2. The number of pyridine rings is 1. The number of nitrogens with one attached hydrogen (secondary N) is 3. The monoisotopic (exact) mass is 536 g/mol. The van der Waals surface area contributed by atoms with Gasteiger partial charge in [-0.05, 0) is 30.5 Å². The van der Waals surface area contributed by atoms with Crippen LogP contribution in [0.2, 0.25) is 0 Å². The molecular formula is C28H26F2N4O3S. The zero-order valence-electron chi connectivity index (χ0n) is 20.6. The van der Waals surface area contributed by atoms with Gasteiger partial charge < -0.3 is 20.5 Å². The molecule has 2 heterocycles. The molecule has 4 aromatic rings. The molecule has 0 radical (unpaired) electrons. The third-order valence-electron chi connectivity index (χ3n) is 6.59. The predicted octanol–water partition coefficient (Wildman–Crippen LogP) is 5.53. The first-order valence-corrected chi connectivity index (χ1v) is 13.1. The highest BCUT2D eigenvalue weighted by molar-refractivity contribution is 7.17. The zero-order chi connectivity index (χ0) is 26.9. The van der Waals surface area contributed by atoms with Crippen molar-refractivity contribution in [2.75, 3.05) is 17.2 Å². The fourth-order valence-electron chi connectivity index (χ4n) is 4.50. The van der Waals surface area contributed by atoms with Crippen molar-refractivity contribution in [1.82, 2.24) is 9.88 Å². The van der Waals surface area contributed by atoms with Crippen LogP contribution in [0, 0.1) is 12.8 Å². The summed E-state index contributed by atoms with van der Waals surface area (Å²) in [6.07, 6.45) is 0.923. The molecule has 0 bridgehead atoms. The molecule has 1 aliphatic rings. The summed E-state index contributed by atoms with van der Waals surface area (Å²) >= 11 is 1.46. The number of rotatable bonds is 8. The molecule has 0 unspecified atom stereocenters. The highest BCUT2D eigenvalue weighted by Gasteiger charge is 2.44. The van der Waals surface area contributed by atoms with E-state index < -0.39 is 17.4 Å². The van der Waals surface area contributed by atoms with E-state index in [9.17, 15) is 23.2 Å². The van der Waals surface area contributed by atoms with Crippen LogP contribution in [-0.2, 0) is 11.3 Å². The third-order valence-corrected chi connectivity index (χ3v) is 7.55. The number of aryl methyl sites for hydroxylation is 1. The Hall–Kier alpha value is -4.05. The van der Waals surface area contributed by atoms with Gasteiger partial charge in [0.05, 0.1) is 16.9 Å². The molecule has 0 atom stereocenters. The van der Waals surface area contributed by atoms with Crippen molar-refractivity contribution in [1.29, 1.82) is 0 Å². The van der Waals surface area contributed by atoms with Crippen LogP contribution in [0.4, 0.5) is 25.8 Å². The fourth-order valence-corrected chi connectivity index (χ4v) is 5.44. The molecule has 10 heteroatoms. The Morgan fingerprint density at radius 3 is 2.55 bits per heavy atom. The number of alkyl halides is 2. The minimum atomic E-state index is -2.66. The molecule has 1 aliphatic carbocycles. The number of amides is 2. The first-order chi connectivity index (χ1) is 18.2. The summed E-state index contributed by atoms with van der Waals surface area (Å²) in [6, 6.07) is 16.4. The van der Waals surface area contributed by atoms with Crippen LogP contribution in [0.15, 0.2) is 71.0 Å². The summed E-state index contributed by atoms with van der Waals surface area (Å²) in [6.45, 7) is 1.74. The van der Waals surface area contributed by atoms with E-state index in [2.05, 4.69) is 16.0 Å². The van der Waals surface area contributed by atoms with Crippen molar-refractivity contribution >= 4 is 50.3 Å². The molecule has 2 aromatic heterocycles. The van der Waals surface area contributed by atoms with Crippen LogP contribution in [0.1, 0.15) is 28.8 Å². The summed E-state index contributed by atoms with van der Waals surface area (Å²) in [5.74, 6) is -3.76. The van der Waals surface area contributed by atoms with Crippen molar-refractivity contribution in [3.63, 3.8) is 0 Å². The molecular weight excluding hydrogens is 510 g/mol. The predicted molar refractivity (Wildman–Crippen MR) is 146 cm³/mol. The van der Waals surface area contributed by atoms with Gasteiger partial charge in [-0.25, -0.2) is 8.78 Å². The lowest BCUT2D eigenvalue weighted by atomic mass is 9.81. The zero-order valence-corrected chi connectivity index (χ0v) is 21.4. The lowest BCUT2D eigenvalue weighted by molar-refractivity contribution is -0.126. The van der Waals surface area contributed by atoms with E-state index in [-0.39, 0.29) is 37.8 Å². The van der Waals surface area contributed by atoms with Crippen LogP contribution >= 0.6 is 11.3 Å². The highest BCUT2D eigenvalue weighted by atomic mass is 32.1. The van der Waals surface area contributed by atoms with Crippen molar-refractivity contribution in [2.24, 2.45) is 5.92 Å². The molecule has 196 valence electrons. The van der Waals surface area contributed by atoms with Crippen molar-refractivity contribution in [3.05, 3.63) is 87.7 Å². The van der Waals surface area contributed by atoms with Gasteiger partial charge >= 0.3 is 0 Å². The topological polar surface area (TPSA) is 92.2 Å². The molecule has 0 spiro atoms. The smallest absolute Gasteiger partial charge is 0.257 e. The molecule has 3 N–H and O–H groups in total. The minimum Gasteiger partial charge on any atom is -0.354 e. The van der Waals surface area contributed by atoms with Gasteiger partial charge in [0.2, 0.25) is 11.8 Å². The standard InChI is InChI=1S/C28H26F2N4O3S/c1-17-6-2-4-8-21(17)32-22-10-26(36)34(15-25(35)31-13-18-11-28(29,30)12-18)14-23(22)33-27(37)20-16-38-24-9-5-3-7-19(20)24/h2-10,14,16,18,32H,11-13,15H2,1H3,(H,31,35)(H,33,37). The quantitative estimate of drug-likeness (QED) is 0.276. The molecule has 0 saturated heterocycles. The number of anilines is 3. The Morgan fingerprint density at radius 1 is 1.05 bits per heavy atom. The van der Waals surface area contributed by atoms with Gasteiger partial charge in [0.25, 0.3) is 11.5 Å². The van der Waals surface area contributed by atoms with Crippen molar-refractivity contribution in [3.8, 4) is 0 Å². The number of carbonyl (C=O) groups excluding carboxylic acids is 2. The van der Waals surface area contributed by atoms with Crippen molar-refractivity contribution in [2.45, 2.75) is 32.2 Å². The summed E-state index contributed by atoms with van der Waals surface area (Å²) in [4.78, 5) is 38.7. The Morgan fingerprint density at radius 2 is 1.79 bits per heavy atom. The first-order valence-electron chi connectivity index (χ1n) is 12.2. The van der Waals surface area contributed by atoms with E-state index in [4.69, 9.17) is 0 Å². The number of nitrogens with zero attached hydrogens (tertiary/aromatic N) is 1. The summed E-state index contributed by atoms with van der Waals surface area (Å²) in [5, 5.41) is 11.3. The van der Waals surface area contributed by atoms with E-state index in [1.165, 1.54) is 28.2 Å². The Balaban J connectivity index is 1.40. The van der Waals surface area contributed by atoms with E-state index in [1.54, 1.807) is 5.38 Å². The average Bonchev–Trinajstić information content (AvgIpc) is 3.30. The normalized spacial score (nSPS) is 14.6. The maximum atomic E-state index is 13.3. The number of hydrogen-bond donors (Lipinski definition) is 3. The fraction of sp³-hybridized carbons (Fsp3) is 0.250. The summed E-state index contributed by atoms with van der Waals surface area (Å²) in [7, 11) is 0. The molecule has 1 fully saturated rings. The number of para-hydroxylation sites is 1. The van der Waals surface area contributed by atoms with E-state index in [0.29, 0.717) is 16.9 Å². The van der Waals surface area contributed by atoms with Crippen LogP contribution in [0.3, 0.4) is 0 Å². The van der Waals surface area contributed by atoms with Gasteiger partial charge in [0.15, 0.2) is 0 Å². The van der Waals surface area contributed by atoms with Gasteiger partial charge in [-0.3, -0.25) is 14.4 Å². The van der Waals surface area contributed by atoms with Crippen LogP contribution in [0.25, 0.3) is 10.1 Å². The number of fused-ring (bicyclic) bond motifs is 1. The maximum absolute atomic E-state index is 13.3. The Kier molecular flexibility index (Phi) is 6.98. The third kappa shape index (κ3) is 5.60. The average molecular weight is 537 g/mol. The Labute approximate surface area is 221 Å². The second-order valence-corrected chi connectivity index (χ2v) is 10.5.